The lowest BCUT2D eigenvalue weighted by molar-refractivity contribution is 0.0712. The van der Waals surface area contributed by atoms with Gasteiger partial charge >= 0.3 is 5.69 Å². The molecule has 1 aromatic carbocycles. The maximum Gasteiger partial charge on any atom is 0.328 e. The lowest BCUT2D eigenvalue weighted by Crippen LogP contribution is -2.38. The Balaban J connectivity index is 1.34. The molecule has 0 atom stereocenters. The van der Waals surface area contributed by atoms with E-state index in [0.29, 0.717) is 30.0 Å². The van der Waals surface area contributed by atoms with Crippen molar-refractivity contribution in [2.75, 3.05) is 13.1 Å². The molecule has 1 aliphatic heterocycles. The van der Waals surface area contributed by atoms with E-state index >= 15 is 0 Å². The Bertz CT molecular complexity index is 1450. The molecule has 3 aromatic heterocycles. The fourth-order valence-corrected chi connectivity index (χ4v) is 4.55. The SMILES string of the molecule is Cc1cc(=O)n2[nH]c(C3CCN(C(=O)c4ccc5c(c4)n(C)c(=O)n5C)CC3)cc2n1. The van der Waals surface area contributed by atoms with E-state index in [1.54, 1.807) is 35.4 Å². The standard InChI is InChI=1S/C22H24N6O3/c1-13-10-20(29)28-19(23-13)12-16(24-28)14-6-8-27(9-7-14)21(30)15-4-5-17-18(11-15)26(3)22(31)25(17)2/h4-5,10-12,14,24H,6-9H2,1-3H3. The first-order valence-electron chi connectivity index (χ1n) is 10.4. The summed E-state index contributed by atoms with van der Waals surface area (Å²) in [4.78, 5) is 43.7. The van der Waals surface area contributed by atoms with Crippen LogP contribution >= 0.6 is 0 Å². The summed E-state index contributed by atoms with van der Waals surface area (Å²) in [5.41, 5.74) is 4.21. The Kier molecular flexibility index (Phi) is 4.35. The highest BCUT2D eigenvalue weighted by atomic mass is 16.2. The van der Waals surface area contributed by atoms with Crippen molar-refractivity contribution in [3.8, 4) is 0 Å². The summed E-state index contributed by atoms with van der Waals surface area (Å²) < 4.78 is 4.61. The van der Waals surface area contributed by atoms with Gasteiger partial charge in [0.1, 0.15) is 0 Å². The fraction of sp³-hybridized carbons (Fsp3) is 0.364. The maximum absolute atomic E-state index is 13.1. The Labute approximate surface area is 177 Å². The van der Waals surface area contributed by atoms with Crippen LogP contribution in [0.1, 0.15) is 40.5 Å². The molecular formula is C22H24N6O3. The van der Waals surface area contributed by atoms with Crippen LogP contribution in [0.15, 0.2) is 39.9 Å². The molecule has 1 amide bonds. The van der Waals surface area contributed by atoms with E-state index in [9.17, 15) is 14.4 Å². The molecular weight excluding hydrogens is 396 g/mol. The van der Waals surface area contributed by atoms with E-state index in [-0.39, 0.29) is 23.1 Å². The zero-order valence-electron chi connectivity index (χ0n) is 17.8. The molecule has 4 aromatic rings. The molecule has 31 heavy (non-hydrogen) atoms. The molecule has 160 valence electrons. The van der Waals surface area contributed by atoms with Gasteiger partial charge in [0.15, 0.2) is 5.65 Å². The number of hydrogen-bond acceptors (Lipinski definition) is 4. The summed E-state index contributed by atoms with van der Waals surface area (Å²) in [5.74, 6) is 0.213. The maximum atomic E-state index is 13.1. The number of nitrogens with zero attached hydrogens (tertiary/aromatic N) is 5. The van der Waals surface area contributed by atoms with Crippen LogP contribution in [-0.4, -0.2) is 47.6 Å². The minimum atomic E-state index is -0.118. The summed E-state index contributed by atoms with van der Waals surface area (Å²) in [6.07, 6.45) is 1.61. The number of amides is 1. The number of fused-ring (bicyclic) bond motifs is 2. The first kappa shape index (κ1) is 19.3. The van der Waals surface area contributed by atoms with Crippen LogP contribution < -0.4 is 11.2 Å². The zero-order chi connectivity index (χ0) is 21.9. The van der Waals surface area contributed by atoms with Crippen molar-refractivity contribution in [3.63, 3.8) is 0 Å². The van der Waals surface area contributed by atoms with E-state index in [1.807, 2.05) is 24.0 Å². The molecule has 1 fully saturated rings. The number of aromatic nitrogens is 5. The number of carbonyl (C=O) groups is 1. The van der Waals surface area contributed by atoms with Gasteiger partial charge in [-0.2, -0.15) is 0 Å². The van der Waals surface area contributed by atoms with Gasteiger partial charge in [-0.05, 0) is 38.0 Å². The van der Waals surface area contributed by atoms with Crippen LogP contribution in [0.2, 0.25) is 0 Å². The highest BCUT2D eigenvalue weighted by Gasteiger charge is 2.26. The van der Waals surface area contributed by atoms with Gasteiger partial charge in [0.25, 0.3) is 11.5 Å². The third-order valence-corrected chi connectivity index (χ3v) is 6.34. The summed E-state index contributed by atoms with van der Waals surface area (Å²) in [6.45, 7) is 3.07. The molecule has 9 heteroatoms. The second kappa shape index (κ2) is 6.97. The van der Waals surface area contributed by atoms with Crippen LogP contribution in [0.25, 0.3) is 16.7 Å². The van der Waals surface area contributed by atoms with Gasteiger partial charge in [-0.15, -0.1) is 0 Å². The average Bonchev–Trinajstić information content (AvgIpc) is 3.29. The van der Waals surface area contributed by atoms with Crippen molar-refractivity contribution in [2.24, 2.45) is 14.1 Å². The Morgan fingerprint density at radius 1 is 1.03 bits per heavy atom. The summed E-state index contributed by atoms with van der Waals surface area (Å²) in [6, 6.07) is 8.85. The lowest BCUT2D eigenvalue weighted by Gasteiger charge is -2.31. The van der Waals surface area contributed by atoms with E-state index < -0.39 is 0 Å². The van der Waals surface area contributed by atoms with Crippen LogP contribution in [0.4, 0.5) is 0 Å². The number of nitrogens with one attached hydrogen (secondary N) is 1. The van der Waals surface area contributed by atoms with Gasteiger partial charge in [0.2, 0.25) is 0 Å². The first-order valence-corrected chi connectivity index (χ1v) is 10.4. The number of piperidine rings is 1. The van der Waals surface area contributed by atoms with Gasteiger partial charge < -0.3 is 4.90 Å². The molecule has 0 bridgehead atoms. The number of H-pyrrole nitrogens is 1. The van der Waals surface area contributed by atoms with E-state index in [4.69, 9.17) is 0 Å². The molecule has 1 N–H and O–H groups in total. The third kappa shape index (κ3) is 3.08. The van der Waals surface area contributed by atoms with Gasteiger partial charge in [-0.3, -0.25) is 23.8 Å². The summed E-state index contributed by atoms with van der Waals surface area (Å²) in [5, 5.41) is 3.17. The monoisotopic (exact) mass is 420 g/mol. The van der Waals surface area contributed by atoms with Crippen molar-refractivity contribution in [1.29, 1.82) is 0 Å². The van der Waals surface area contributed by atoms with Crippen molar-refractivity contribution < 1.29 is 4.79 Å². The third-order valence-electron chi connectivity index (χ3n) is 6.34. The molecule has 5 rings (SSSR count). The molecule has 0 aliphatic carbocycles. The van der Waals surface area contributed by atoms with E-state index in [1.165, 1.54) is 10.6 Å². The van der Waals surface area contributed by atoms with Gasteiger partial charge in [-0.25, -0.2) is 14.3 Å². The number of rotatable bonds is 2. The molecule has 0 radical (unpaired) electrons. The highest BCUT2D eigenvalue weighted by molar-refractivity contribution is 5.97. The lowest BCUT2D eigenvalue weighted by atomic mass is 9.93. The Morgan fingerprint density at radius 3 is 2.48 bits per heavy atom. The average molecular weight is 420 g/mol. The van der Waals surface area contributed by atoms with E-state index in [0.717, 1.165) is 29.6 Å². The van der Waals surface area contributed by atoms with Gasteiger partial charge in [0.05, 0.1) is 11.0 Å². The topological polar surface area (TPSA) is 97.4 Å². The number of benzene rings is 1. The number of imidazole rings is 1. The first-order chi connectivity index (χ1) is 14.8. The predicted octanol–water partition coefficient (Wildman–Crippen LogP) is 1.54. The highest BCUT2D eigenvalue weighted by Crippen LogP contribution is 2.28. The van der Waals surface area contributed by atoms with Crippen LogP contribution in [0.5, 0.6) is 0 Å². The van der Waals surface area contributed by atoms with Crippen LogP contribution in [0, 0.1) is 6.92 Å². The predicted molar refractivity (Wildman–Crippen MR) is 117 cm³/mol. The van der Waals surface area contributed by atoms with Gasteiger partial charge in [-0.1, -0.05) is 0 Å². The van der Waals surface area contributed by atoms with Crippen LogP contribution in [-0.2, 0) is 14.1 Å². The second-order valence-corrected chi connectivity index (χ2v) is 8.31. The van der Waals surface area contributed by atoms with Gasteiger partial charge in [0, 0.05) is 62.2 Å². The number of aryl methyl sites for hydroxylation is 3. The normalized spacial score (nSPS) is 15.3. The summed E-state index contributed by atoms with van der Waals surface area (Å²) >= 11 is 0. The Morgan fingerprint density at radius 2 is 1.74 bits per heavy atom. The van der Waals surface area contributed by atoms with Crippen molar-refractivity contribution in [3.05, 3.63) is 68.1 Å². The number of aromatic amines is 1. The quantitative estimate of drug-likeness (QED) is 0.532. The smallest absolute Gasteiger partial charge is 0.328 e. The molecule has 9 nitrogen and oxygen atoms in total. The Hall–Kier alpha value is -3.62. The molecule has 1 saturated heterocycles. The van der Waals surface area contributed by atoms with E-state index in [2.05, 4.69) is 10.1 Å². The number of hydrogen-bond donors (Lipinski definition) is 1. The number of carbonyl (C=O) groups excluding carboxylic acids is 1. The molecule has 1 aliphatic rings. The molecule has 0 spiro atoms. The molecule has 0 saturated carbocycles. The largest absolute Gasteiger partial charge is 0.339 e. The van der Waals surface area contributed by atoms with Crippen molar-refractivity contribution in [1.82, 2.24) is 28.6 Å². The minimum absolute atomic E-state index is 0.0261. The van der Waals surface area contributed by atoms with Crippen molar-refractivity contribution in [2.45, 2.75) is 25.7 Å². The molecule has 4 heterocycles. The number of likely N-dealkylation sites (tertiary alicyclic amines) is 1. The van der Waals surface area contributed by atoms with Crippen LogP contribution in [0.3, 0.4) is 0 Å². The summed E-state index contributed by atoms with van der Waals surface area (Å²) in [7, 11) is 3.44. The second-order valence-electron chi connectivity index (χ2n) is 8.31. The molecule has 0 unspecified atom stereocenters. The minimum Gasteiger partial charge on any atom is -0.339 e. The zero-order valence-corrected chi connectivity index (χ0v) is 17.8. The van der Waals surface area contributed by atoms with Crippen molar-refractivity contribution >= 4 is 22.6 Å². The fourth-order valence-electron chi connectivity index (χ4n) is 4.55.